The lowest BCUT2D eigenvalue weighted by molar-refractivity contribution is 0.0964. The molecule has 0 saturated heterocycles. The van der Waals surface area contributed by atoms with Crippen molar-refractivity contribution in [3.05, 3.63) is 35.4 Å². The zero-order valence-corrected chi connectivity index (χ0v) is 6.34. The van der Waals surface area contributed by atoms with Crippen LogP contribution < -0.4 is 5.32 Å². The van der Waals surface area contributed by atoms with Crippen molar-refractivity contribution in [3.8, 4) is 6.19 Å². The predicted octanol–water partition coefficient (Wildman–Crippen LogP) is 1.18. The van der Waals surface area contributed by atoms with Gasteiger partial charge in [-0.3, -0.25) is 10.1 Å². The molecule has 0 radical (unpaired) electrons. The van der Waals surface area contributed by atoms with Crippen LogP contribution in [0.2, 0.25) is 0 Å². The van der Waals surface area contributed by atoms with Gasteiger partial charge in [-0.05, 0) is 12.1 Å². The van der Waals surface area contributed by atoms with Gasteiger partial charge in [-0.15, -0.1) is 0 Å². The lowest BCUT2D eigenvalue weighted by Gasteiger charge is -2.00. The summed E-state index contributed by atoms with van der Waals surface area (Å²) >= 11 is 0. The van der Waals surface area contributed by atoms with Gasteiger partial charge in [0.2, 0.25) is 0 Å². The summed E-state index contributed by atoms with van der Waals surface area (Å²) in [4.78, 5) is 10.9. The number of benzene rings is 1. The van der Waals surface area contributed by atoms with Gasteiger partial charge in [-0.2, -0.15) is 5.26 Å². The predicted molar refractivity (Wildman–Crippen MR) is 39.4 cm³/mol. The van der Waals surface area contributed by atoms with Crippen LogP contribution in [0, 0.1) is 23.1 Å². The first-order valence-electron chi connectivity index (χ1n) is 3.30. The van der Waals surface area contributed by atoms with Crippen molar-refractivity contribution in [1.82, 2.24) is 5.32 Å². The molecule has 0 aliphatic carbocycles. The Labute approximate surface area is 72.6 Å². The van der Waals surface area contributed by atoms with Gasteiger partial charge in [0.15, 0.2) is 6.19 Å². The molecule has 5 heteroatoms. The average molecular weight is 182 g/mol. The third-order valence-electron chi connectivity index (χ3n) is 1.36. The minimum atomic E-state index is -1.09. The number of nitrogens with zero attached hydrogens (tertiary/aromatic N) is 1. The Kier molecular flexibility index (Phi) is 2.55. The molecule has 1 rings (SSSR count). The van der Waals surface area contributed by atoms with Crippen LogP contribution >= 0.6 is 0 Å². The van der Waals surface area contributed by atoms with E-state index in [1.807, 2.05) is 0 Å². The van der Waals surface area contributed by atoms with Crippen molar-refractivity contribution in [2.75, 3.05) is 0 Å². The highest BCUT2D eigenvalue weighted by Gasteiger charge is 2.15. The highest BCUT2D eigenvalue weighted by atomic mass is 19.1. The summed E-state index contributed by atoms with van der Waals surface area (Å²) in [5.41, 5.74) is -0.746. The molecule has 1 aromatic rings. The van der Waals surface area contributed by atoms with Crippen LogP contribution in [0.15, 0.2) is 18.2 Å². The summed E-state index contributed by atoms with van der Waals surface area (Å²) in [6.07, 6.45) is 1.29. The first kappa shape index (κ1) is 9.13. The highest BCUT2D eigenvalue weighted by molar-refractivity contribution is 5.95. The van der Waals surface area contributed by atoms with E-state index in [9.17, 15) is 13.6 Å². The smallest absolute Gasteiger partial charge is 0.268 e. The number of carbonyl (C=O) groups is 1. The number of nitrogens with one attached hydrogen (secondary N) is 1. The zero-order valence-electron chi connectivity index (χ0n) is 6.34. The van der Waals surface area contributed by atoms with Gasteiger partial charge in [-0.25, -0.2) is 8.78 Å². The fourth-order valence-electron chi connectivity index (χ4n) is 0.828. The first-order valence-corrected chi connectivity index (χ1v) is 3.30. The highest BCUT2D eigenvalue weighted by Crippen LogP contribution is 2.11. The SMILES string of the molecule is N#CNC(=O)c1c(F)cccc1F. The standard InChI is InChI=1S/C8H4F2N2O/c9-5-2-1-3-6(10)7(5)8(13)12-4-11/h1-3H,(H,12,13). The van der Waals surface area contributed by atoms with Crippen LogP contribution in [-0.2, 0) is 0 Å². The third kappa shape index (κ3) is 1.79. The Morgan fingerprint density at radius 3 is 2.38 bits per heavy atom. The molecule has 0 aliphatic heterocycles. The Hall–Kier alpha value is -1.96. The molecule has 1 amide bonds. The molecule has 1 aromatic carbocycles. The van der Waals surface area contributed by atoms with Crippen molar-refractivity contribution >= 4 is 5.91 Å². The average Bonchev–Trinajstić information content (AvgIpc) is 2.04. The number of halogens is 2. The Morgan fingerprint density at radius 2 is 1.92 bits per heavy atom. The molecule has 0 aromatic heterocycles. The summed E-state index contributed by atoms with van der Waals surface area (Å²) < 4.78 is 25.6. The maximum absolute atomic E-state index is 12.8. The van der Waals surface area contributed by atoms with Gasteiger partial charge >= 0.3 is 0 Å². The first-order chi connectivity index (χ1) is 6.16. The third-order valence-corrected chi connectivity index (χ3v) is 1.36. The van der Waals surface area contributed by atoms with Crippen molar-refractivity contribution in [2.24, 2.45) is 0 Å². The van der Waals surface area contributed by atoms with Crippen LogP contribution in [0.1, 0.15) is 10.4 Å². The van der Waals surface area contributed by atoms with Crippen LogP contribution in [0.25, 0.3) is 0 Å². The maximum Gasteiger partial charge on any atom is 0.270 e. The van der Waals surface area contributed by atoms with E-state index in [0.29, 0.717) is 0 Å². The van der Waals surface area contributed by atoms with E-state index in [1.54, 1.807) is 5.32 Å². The second-order valence-electron chi connectivity index (χ2n) is 2.16. The lowest BCUT2D eigenvalue weighted by Crippen LogP contribution is -2.20. The minimum absolute atomic E-state index is 0.746. The molecule has 1 N–H and O–H groups in total. The monoisotopic (exact) mass is 182 g/mol. The number of hydrogen-bond acceptors (Lipinski definition) is 2. The number of hydrogen-bond donors (Lipinski definition) is 1. The zero-order chi connectivity index (χ0) is 9.84. The van der Waals surface area contributed by atoms with Gasteiger partial charge in [0.05, 0.1) is 0 Å². The van der Waals surface area contributed by atoms with E-state index in [0.717, 1.165) is 18.2 Å². The van der Waals surface area contributed by atoms with Crippen molar-refractivity contribution < 1.29 is 13.6 Å². The van der Waals surface area contributed by atoms with Crippen molar-refractivity contribution in [2.45, 2.75) is 0 Å². The van der Waals surface area contributed by atoms with Crippen LogP contribution in [0.3, 0.4) is 0 Å². The lowest BCUT2D eigenvalue weighted by atomic mass is 10.2. The van der Waals surface area contributed by atoms with Gasteiger partial charge in [0, 0.05) is 0 Å². The number of amides is 1. The van der Waals surface area contributed by atoms with E-state index in [-0.39, 0.29) is 0 Å². The molecule has 0 saturated carbocycles. The second-order valence-corrected chi connectivity index (χ2v) is 2.16. The summed E-state index contributed by atoms with van der Waals surface area (Å²) in [5, 5.41) is 9.68. The summed E-state index contributed by atoms with van der Waals surface area (Å²) in [6, 6.07) is 3.01. The molecule has 0 aliphatic rings. The molecule has 0 unspecified atom stereocenters. The number of rotatable bonds is 1. The summed E-state index contributed by atoms with van der Waals surface area (Å²) in [5.74, 6) is -3.07. The van der Waals surface area contributed by atoms with Gasteiger partial charge < -0.3 is 0 Å². The maximum atomic E-state index is 12.8. The quantitative estimate of drug-likeness (QED) is 0.523. The van der Waals surface area contributed by atoms with Crippen molar-refractivity contribution in [1.29, 1.82) is 5.26 Å². The molecular formula is C8H4F2N2O. The summed E-state index contributed by atoms with van der Waals surface area (Å²) in [6.45, 7) is 0. The molecule has 0 spiro atoms. The topological polar surface area (TPSA) is 52.9 Å². The molecule has 0 atom stereocenters. The van der Waals surface area contributed by atoms with Gasteiger partial charge in [-0.1, -0.05) is 6.07 Å². The van der Waals surface area contributed by atoms with Gasteiger partial charge in [0.25, 0.3) is 5.91 Å². The Morgan fingerprint density at radius 1 is 1.38 bits per heavy atom. The molecule has 0 heterocycles. The molecule has 13 heavy (non-hydrogen) atoms. The Balaban J connectivity index is 3.14. The Bertz CT molecular complexity index is 364. The van der Waals surface area contributed by atoms with E-state index in [4.69, 9.17) is 5.26 Å². The van der Waals surface area contributed by atoms with E-state index >= 15 is 0 Å². The van der Waals surface area contributed by atoms with E-state index in [2.05, 4.69) is 0 Å². The normalized spacial score (nSPS) is 9.00. The summed E-state index contributed by atoms with van der Waals surface area (Å²) in [7, 11) is 0. The second kappa shape index (κ2) is 3.63. The van der Waals surface area contributed by atoms with Crippen LogP contribution in [0.5, 0.6) is 0 Å². The van der Waals surface area contributed by atoms with Crippen LogP contribution in [0.4, 0.5) is 8.78 Å². The minimum Gasteiger partial charge on any atom is -0.268 e. The van der Waals surface area contributed by atoms with E-state index in [1.165, 1.54) is 6.19 Å². The molecule has 3 nitrogen and oxygen atoms in total. The van der Waals surface area contributed by atoms with Crippen molar-refractivity contribution in [3.63, 3.8) is 0 Å². The fraction of sp³-hybridized carbons (Fsp3) is 0. The number of carbonyl (C=O) groups excluding carboxylic acids is 1. The molecular weight excluding hydrogens is 178 g/mol. The molecule has 0 fully saturated rings. The number of nitriles is 1. The molecule has 66 valence electrons. The largest absolute Gasteiger partial charge is 0.270 e. The van der Waals surface area contributed by atoms with Crippen LogP contribution in [-0.4, -0.2) is 5.91 Å². The van der Waals surface area contributed by atoms with E-state index < -0.39 is 23.1 Å². The van der Waals surface area contributed by atoms with Gasteiger partial charge in [0.1, 0.15) is 17.2 Å². The molecule has 0 bridgehead atoms. The fourth-order valence-corrected chi connectivity index (χ4v) is 0.828.